The highest BCUT2D eigenvalue weighted by Crippen LogP contribution is 2.38. The summed E-state index contributed by atoms with van der Waals surface area (Å²) in [6.45, 7) is 4.95. The number of fused-ring (bicyclic) bond motifs is 1. The third-order valence-electron chi connectivity index (χ3n) is 6.07. The highest BCUT2D eigenvalue weighted by molar-refractivity contribution is 5.68. The maximum Gasteiger partial charge on any atom is 0.0991 e. The summed E-state index contributed by atoms with van der Waals surface area (Å²) in [7, 11) is 0. The molecule has 4 saturated heterocycles. The summed E-state index contributed by atoms with van der Waals surface area (Å²) in [6.07, 6.45) is 6.67. The molecule has 4 heteroatoms. The molecule has 0 amide bonds. The predicted molar refractivity (Wildman–Crippen MR) is 98.2 cm³/mol. The Morgan fingerprint density at radius 2 is 1.76 bits per heavy atom. The van der Waals surface area contributed by atoms with Gasteiger partial charge in [-0.1, -0.05) is 12.1 Å². The van der Waals surface area contributed by atoms with Gasteiger partial charge < -0.3 is 9.80 Å². The van der Waals surface area contributed by atoms with Crippen molar-refractivity contribution >= 4 is 5.69 Å². The Balaban J connectivity index is 1.47. The number of benzene rings is 1. The van der Waals surface area contributed by atoms with Crippen molar-refractivity contribution in [3.8, 4) is 17.2 Å². The van der Waals surface area contributed by atoms with E-state index < -0.39 is 0 Å². The second-order valence-electron chi connectivity index (χ2n) is 7.85. The number of nitriles is 1. The highest BCUT2D eigenvalue weighted by Gasteiger charge is 2.41. The Labute approximate surface area is 148 Å². The molecule has 4 aliphatic rings. The normalized spacial score (nSPS) is 30.1. The van der Waals surface area contributed by atoms with Crippen LogP contribution in [0.1, 0.15) is 18.4 Å². The Hall–Kier alpha value is -2.38. The van der Waals surface area contributed by atoms with Crippen LogP contribution in [0.3, 0.4) is 0 Å². The van der Waals surface area contributed by atoms with Crippen molar-refractivity contribution < 1.29 is 0 Å². The zero-order valence-corrected chi connectivity index (χ0v) is 14.3. The van der Waals surface area contributed by atoms with Gasteiger partial charge in [0.05, 0.1) is 23.5 Å². The quantitative estimate of drug-likeness (QED) is 0.848. The van der Waals surface area contributed by atoms with E-state index in [0.29, 0.717) is 11.6 Å². The molecule has 0 N–H and O–H groups in total. The van der Waals surface area contributed by atoms with Crippen molar-refractivity contribution in [2.75, 3.05) is 31.1 Å². The number of piperidine rings is 2. The molecule has 4 bridgehead atoms. The standard InChI is InChI=1S/C21H22N4/c22-8-15-1-3-18(4-2-15)19-7-20(10-23-9-19)25-13-17-5-16-6-21(25)14-24(11-16)12-17/h1-4,7,9-10,16-17,21H,5-6,11-14H2. The number of hydrogen-bond acceptors (Lipinski definition) is 4. The van der Waals surface area contributed by atoms with Gasteiger partial charge >= 0.3 is 0 Å². The van der Waals surface area contributed by atoms with Crippen molar-refractivity contribution in [3.63, 3.8) is 0 Å². The molecule has 1 aromatic carbocycles. The zero-order valence-electron chi connectivity index (χ0n) is 14.3. The maximum atomic E-state index is 8.98. The van der Waals surface area contributed by atoms with Gasteiger partial charge in [-0.2, -0.15) is 5.26 Å². The average Bonchev–Trinajstić information content (AvgIpc) is 2.85. The third kappa shape index (κ3) is 2.69. The number of nitrogens with zero attached hydrogens (tertiary/aromatic N) is 4. The number of anilines is 1. The Morgan fingerprint density at radius 1 is 0.920 bits per heavy atom. The molecule has 2 aromatic rings. The van der Waals surface area contributed by atoms with Crippen LogP contribution in [0.4, 0.5) is 5.69 Å². The van der Waals surface area contributed by atoms with E-state index in [9.17, 15) is 0 Å². The molecule has 4 unspecified atom stereocenters. The average molecular weight is 330 g/mol. The van der Waals surface area contributed by atoms with Crippen molar-refractivity contribution in [2.45, 2.75) is 18.9 Å². The molecule has 25 heavy (non-hydrogen) atoms. The van der Waals surface area contributed by atoms with E-state index in [2.05, 4.69) is 26.9 Å². The van der Waals surface area contributed by atoms with E-state index in [4.69, 9.17) is 5.26 Å². The van der Waals surface area contributed by atoms with Crippen LogP contribution in [0, 0.1) is 23.2 Å². The second kappa shape index (κ2) is 5.86. The van der Waals surface area contributed by atoms with E-state index in [1.54, 1.807) is 0 Å². The van der Waals surface area contributed by atoms with E-state index in [-0.39, 0.29) is 0 Å². The molecular weight excluding hydrogens is 308 g/mol. The van der Waals surface area contributed by atoms with Crippen LogP contribution in [-0.2, 0) is 0 Å². The first-order valence-electron chi connectivity index (χ1n) is 9.23. The molecule has 0 radical (unpaired) electrons. The molecule has 0 aliphatic carbocycles. The second-order valence-corrected chi connectivity index (χ2v) is 7.85. The van der Waals surface area contributed by atoms with Crippen LogP contribution in [0.25, 0.3) is 11.1 Å². The molecule has 0 saturated carbocycles. The maximum absolute atomic E-state index is 8.98. The van der Waals surface area contributed by atoms with Crippen LogP contribution < -0.4 is 4.90 Å². The lowest BCUT2D eigenvalue weighted by molar-refractivity contribution is 0.0980. The van der Waals surface area contributed by atoms with Gasteiger partial charge in [0.25, 0.3) is 0 Å². The fourth-order valence-corrected chi connectivity index (χ4v) is 5.08. The fourth-order valence-electron chi connectivity index (χ4n) is 5.08. The summed E-state index contributed by atoms with van der Waals surface area (Å²) in [5.74, 6) is 1.68. The Kier molecular flexibility index (Phi) is 3.50. The summed E-state index contributed by atoms with van der Waals surface area (Å²) in [5.41, 5.74) is 4.20. The summed E-state index contributed by atoms with van der Waals surface area (Å²) in [5, 5.41) is 8.98. The zero-order chi connectivity index (χ0) is 16.8. The van der Waals surface area contributed by atoms with Crippen LogP contribution >= 0.6 is 0 Å². The first-order valence-corrected chi connectivity index (χ1v) is 9.23. The molecule has 0 spiro atoms. The minimum Gasteiger partial charge on any atom is -0.366 e. The van der Waals surface area contributed by atoms with Gasteiger partial charge in [0.15, 0.2) is 0 Å². The third-order valence-corrected chi connectivity index (χ3v) is 6.07. The minimum absolute atomic E-state index is 0.629. The van der Waals surface area contributed by atoms with Crippen molar-refractivity contribution in [3.05, 3.63) is 48.3 Å². The molecule has 1 aromatic heterocycles. The largest absolute Gasteiger partial charge is 0.366 e. The smallest absolute Gasteiger partial charge is 0.0991 e. The van der Waals surface area contributed by atoms with Gasteiger partial charge in [0.2, 0.25) is 0 Å². The van der Waals surface area contributed by atoms with E-state index >= 15 is 0 Å². The molecular formula is C21H22N4. The topological polar surface area (TPSA) is 43.2 Å². The lowest BCUT2D eigenvalue weighted by Crippen LogP contribution is -2.49. The van der Waals surface area contributed by atoms with E-state index in [1.807, 2.05) is 36.7 Å². The van der Waals surface area contributed by atoms with Gasteiger partial charge in [-0.3, -0.25) is 4.98 Å². The van der Waals surface area contributed by atoms with Gasteiger partial charge in [-0.05, 0) is 48.4 Å². The molecule has 5 heterocycles. The van der Waals surface area contributed by atoms with Crippen molar-refractivity contribution in [1.29, 1.82) is 5.26 Å². The molecule has 6 rings (SSSR count). The summed E-state index contributed by atoms with van der Waals surface area (Å²) in [4.78, 5) is 9.82. The van der Waals surface area contributed by atoms with E-state index in [0.717, 1.165) is 29.5 Å². The first-order chi connectivity index (χ1) is 12.3. The summed E-state index contributed by atoms with van der Waals surface area (Å²) >= 11 is 0. The van der Waals surface area contributed by atoms with Crippen LogP contribution in [0.5, 0.6) is 0 Å². The number of rotatable bonds is 2. The number of pyridine rings is 1. The molecule has 126 valence electrons. The molecule has 4 nitrogen and oxygen atoms in total. The van der Waals surface area contributed by atoms with Gasteiger partial charge in [-0.25, -0.2) is 0 Å². The van der Waals surface area contributed by atoms with Crippen molar-refractivity contribution in [1.82, 2.24) is 9.88 Å². The monoisotopic (exact) mass is 330 g/mol. The molecule has 4 atom stereocenters. The van der Waals surface area contributed by atoms with Crippen LogP contribution in [-0.4, -0.2) is 42.1 Å². The van der Waals surface area contributed by atoms with Gasteiger partial charge in [-0.15, -0.1) is 0 Å². The molecule has 4 aliphatic heterocycles. The lowest BCUT2D eigenvalue weighted by atomic mass is 9.84. The van der Waals surface area contributed by atoms with Crippen LogP contribution in [0.2, 0.25) is 0 Å². The summed E-state index contributed by atoms with van der Waals surface area (Å²) < 4.78 is 0. The summed E-state index contributed by atoms with van der Waals surface area (Å²) in [6, 6.07) is 12.9. The fraction of sp³-hybridized carbons (Fsp3) is 0.429. The lowest BCUT2D eigenvalue weighted by Gasteiger charge is -2.41. The molecule has 4 fully saturated rings. The van der Waals surface area contributed by atoms with Crippen molar-refractivity contribution in [2.24, 2.45) is 11.8 Å². The Morgan fingerprint density at radius 3 is 2.56 bits per heavy atom. The van der Waals surface area contributed by atoms with Crippen LogP contribution in [0.15, 0.2) is 42.7 Å². The number of aromatic nitrogens is 1. The highest BCUT2D eigenvalue weighted by atomic mass is 15.3. The van der Waals surface area contributed by atoms with E-state index in [1.165, 1.54) is 38.2 Å². The Bertz CT molecular complexity index is 809. The van der Waals surface area contributed by atoms with Gasteiger partial charge in [0.1, 0.15) is 0 Å². The predicted octanol–water partition coefficient (Wildman–Crippen LogP) is 3.15. The van der Waals surface area contributed by atoms with Gasteiger partial charge in [0, 0.05) is 44.0 Å². The minimum atomic E-state index is 0.629. The SMILES string of the molecule is N#Cc1ccc(-c2cncc(N3CC4CC5CC3CN(C5)C4)c2)cc1. The first kappa shape index (κ1) is 14.9. The number of hydrogen-bond donors (Lipinski definition) is 0.